The number of nitrogens with zero attached hydrogens (tertiary/aromatic N) is 3. The van der Waals surface area contributed by atoms with Gasteiger partial charge >= 0.3 is 0 Å². The van der Waals surface area contributed by atoms with Crippen molar-refractivity contribution in [3.05, 3.63) is 18.2 Å². The fraction of sp³-hybridized carbons (Fsp3) is 0.524. The lowest BCUT2D eigenvalue weighted by atomic mass is 10.1. The molecule has 162 valence electrons. The van der Waals surface area contributed by atoms with E-state index in [9.17, 15) is 14.4 Å². The number of nitriles is 1. The first-order chi connectivity index (χ1) is 14.5. The molecule has 1 heterocycles. The minimum atomic E-state index is -0.305. The van der Waals surface area contributed by atoms with Crippen molar-refractivity contribution in [2.75, 3.05) is 41.9 Å². The average Bonchev–Trinajstić information content (AvgIpc) is 2.75. The van der Waals surface area contributed by atoms with Crippen LogP contribution in [0.1, 0.15) is 39.0 Å². The third-order valence-electron chi connectivity index (χ3n) is 4.72. The SMILES string of the molecule is CC(=O)NCCCCCC(=O)N1CCOc2ccc(N(CCC#N)C(=O)CCl)cc21. The molecule has 1 N–H and O–H groups in total. The fourth-order valence-electron chi connectivity index (χ4n) is 3.24. The van der Waals surface area contributed by atoms with Crippen molar-refractivity contribution in [1.29, 1.82) is 5.26 Å². The zero-order valence-electron chi connectivity index (χ0n) is 17.2. The van der Waals surface area contributed by atoms with E-state index in [1.807, 2.05) is 6.07 Å². The maximum atomic E-state index is 12.8. The fourth-order valence-corrected chi connectivity index (χ4v) is 3.39. The van der Waals surface area contributed by atoms with Crippen molar-refractivity contribution < 1.29 is 19.1 Å². The van der Waals surface area contributed by atoms with Crippen LogP contribution < -0.4 is 19.9 Å². The molecule has 9 heteroatoms. The topological polar surface area (TPSA) is 103 Å². The Hall–Kier alpha value is -2.79. The van der Waals surface area contributed by atoms with Crippen LogP contribution in [-0.2, 0) is 14.4 Å². The molecule has 0 spiro atoms. The second-order valence-electron chi connectivity index (χ2n) is 6.93. The van der Waals surface area contributed by atoms with E-state index in [0.29, 0.717) is 43.2 Å². The molecule has 0 radical (unpaired) electrons. The molecule has 0 bridgehead atoms. The molecule has 0 saturated heterocycles. The molecular weight excluding hydrogens is 408 g/mol. The summed E-state index contributed by atoms with van der Waals surface area (Å²) < 4.78 is 5.67. The number of carbonyl (C=O) groups excluding carboxylic acids is 3. The summed E-state index contributed by atoms with van der Waals surface area (Å²) in [5, 5.41) is 11.6. The van der Waals surface area contributed by atoms with E-state index in [4.69, 9.17) is 21.6 Å². The molecule has 2 rings (SSSR count). The van der Waals surface area contributed by atoms with Crippen LogP contribution in [0.2, 0.25) is 0 Å². The van der Waals surface area contributed by atoms with Gasteiger partial charge in [0.05, 0.1) is 24.7 Å². The first-order valence-electron chi connectivity index (χ1n) is 10.0. The van der Waals surface area contributed by atoms with Gasteiger partial charge in [0.25, 0.3) is 0 Å². The van der Waals surface area contributed by atoms with E-state index >= 15 is 0 Å². The van der Waals surface area contributed by atoms with Gasteiger partial charge in [0, 0.05) is 32.1 Å². The second-order valence-corrected chi connectivity index (χ2v) is 7.19. The van der Waals surface area contributed by atoms with Crippen LogP contribution in [0.4, 0.5) is 11.4 Å². The molecule has 1 aliphatic heterocycles. The van der Waals surface area contributed by atoms with E-state index in [-0.39, 0.29) is 36.6 Å². The van der Waals surface area contributed by atoms with E-state index < -0.39 is 0 Å². The van der Waals surface area contributed by atoms with Gasteiger partial charge in [-0.05, 0) is 31.0 Å². The first kappa shape index (κ1) is 23.5. The number of hydrogen-bond donors (Lipinski definition) is 1. The molecule has 8 nitrogen and oxygen atoms in total. The summed E-state index contributed by atoms with van der Waals surface area (Å²) in [5.74, 6) is 0.0232. The second kappa shape index (κ2) is 12.0. The maximum absolute atomic E-state index is 12.8. The van der Waals surface area contributed by atoms with Crippen molar-refractivity contribution >= 4 is 40.7 Å². The minimum Gasteiger partial charge on any atom is -0.490 e. The smallest absolute Gasteiger partial charge is 0.241 e. The lowest BCUT2D eigenvalue weighted by Gasteiger charge is -2.31. The van der Waals surface area contributed by atoms with Crippen molar-refractivity contribution in [3.8, 4) is 11.8 Å². The molecule has 0 aliphatic carbocycles. The van der Waals surface area contributed by atoms with E-state index in [1.54, 1.807) is 23.1 Å². The highest BCUT2D eigenvalue weighted by Gasteiger charge is 2.25. The molecule has 1 aromatic rings. The Morgan fingerprint density at radius 1 is 1.30 bits per heavy atom. The lowest BCUT2D eigenvalue weighted by Crippen LogP contribution is -2.38. The van der Waals surface area contributed by atoms with Gasteiger partial charge in [-0.2, -0.15) is 5.26 Å². The Bertz CT molecular complexity index is 809. The molecule has 0 unspecified atom stereocenters. The highest BCUT2D eigenvalue weighted by Crippen LogP contribution is 2.36. The highest BCUT2D eigenvalue weighted by molar-refractivity contribution is 6.29. The molecule has 0 saturated carbocycles. The number of carbonyl (C=O) groups is 3. The largest absolute Gasteiger partial charge is 0.490 e. The Kier molecular flexibility index (Phi) is 9.42. The van der Waals surface area contributed by atoms with Crippen LogP contribution in [0.3, 0.4) is 0 Å². The summed E-state index contributed by atoms with van der Waals surface area (Å²) in [4.78, 5) is 39.0. The van der Waals surface area contributed by atoms with E-state index in [1.165, 1.54) is 11.8 Å². The number of halogens is 1. The van der Waals surface area contributed by atoms with Crippen molar-refractivity contribution in [1.82, 2.24) is 5.32 Å². The number of hydrogen-bond acceptors (Lipinski definition) is 5. The Balaban J connectivity index is 2.07. The van der Waals surface area contributed by atoms with E-state index in [0.717, 1.165) is 19.3 Å². The highest BCUT2D eigenvalue weighted by atomic mass is 35.5. The van der Waals surface area contributed by atoms with Gasteiger partial charge in [0.2, 0.25) is 17.7 Å². The number of anilines is 2. The molecule has 1 aliphatic rings. The van der Waals surface area contributed by atoms with Crippen LogP contribution in [0.25, 0.3) is 0 Å². The Labute approximate surface area is 181 Å². The Morgan fingerprint density at radius 3 is 2.80 bits per heavy atom. The zero-order chi connectivity index (χ0) is 21.9. The summed E-state index contributed by atoms with van der Waals surface area (Å²) in [6, 6.07) is 7.24. The molecule has 0 aromatic heterocycles. The van der Waals surface area contributed by atoms with Crippen molar-refractivity contribution in [2.24, 2.45) is 0 Å². The molecule has 1 aromatic carbocycles. The van der Waals surface area contributed by atoms with Gasteiger partial charge in [-0.25, -0.2) is 0 Å². The average molecular weight is 435 g/mol. The molecule has 0 fully saturated rings. The number of unbranched alkanes of at least 4 members (excludes halogenated alkanes) is 2. The molecule has 30 heavy (non-hydrogen) atoms. The third kappa shape index (κ3) is 6.63. The lowest BCUT2D eigenvalue weighted by molar-refractivity contribution is -0.120. The predicted molar refractivity (Wildman–Crippen MR) is 115 cm³/mol. The number of benzene rings is 1. The van der Waals surface area contributed by atoms with Crippen LogP contribution in [0.15, 0.2) is 18.2 Å². The van der Waals surface area contributed by atoms with Gasteiger partial charge < -0.3 is 19.9 Å². The van der Waals surface area contributed by atoms with Crippen LogP contribution >= 0.6 is 11.6 Å². The zero-order valence-corrected chi connectivity index (χ0v) is 17.9. The standard InChI is InChI=1S/C21H27ClN4O4/c1-16(27)24-10-4-2-3-6-20(28)26-12-13-30-19-8-7-17(14-18(19)26)25(11-5-9-23)21(29)15-22/h7-8,14H,2-6,10-13,15H2,1H3,(H,24,27). The molecule has 3 amide bonds. The summed E-state index contributed by atoms with van der Waals surface area (Å²) in [6.45, 7) is 3.16. The van der Waals surface area contributed by atoms with Gasteiger partial charge in [-0.3, -0.25) is 14.4 Å². The summed E-state index contributed by atoms with van der Waals surface area (Å²) >= 11 is 5.72. The van der Waals surface area contributed by atoms with Crippen molar-refractivity contribution in [3.63, 3.8) is 0 Å². The van der Waals surface area contributed by atoms with Gasteiger partial charge in [0.15, 0.2) is 0 Å². The van der Waals surface area contributed by atoms with Crippen LogP contribution in [0.5, 0.6) is 5.75 Å². The normalized spacial score (nSPS) is 12.4. The summed E-state index contributed by atoms with van der Waals surface area (Å²) in [6.07, 6.45) is 2.96. The van der Waals surface area contributed by atoms with Crippen LogP contribution in [0, 0.1) is 11.3 Å². The van der Waals surface area contributed by atoms with Crippen LogP contribution in [-0.4, -0.2) is 49.8 Å². The number of alkyl halides is 1. The van der Waals surface area contributed by atoms with Gasteiger partial charge in [0.1, 0.15) is 18.2 Å². The maximum Gasteiger partial charge on any atom is 0.241 e. The number of ether oxygens (including phenoxy) is 1. The van der Waals surface area contributed by atoms with Gasteiger partial charge in [-0.15, -0.1) is 11.6 Å². The number of nitrogens with one attached hydrogen (secondary N) is 1. The van der Waals surface area contributed by atoms with Gasteiger partial charge in [-0.1, -0.05) is 6.42 Å². The van der Waals surface area contributed by atoms with Crippen molar-refractivity contribution in [2.45, 2.75) is 39.0 Å². The predicted octanol–water partition coefficient (Wildman–Crippen LogP) is 2.59. The molecular formula is C21H27ClN4O4. The number of amides is 3. The number of rotatable bonds is 10. The third-order valence-corrected chi connectivity index (χ3v) is 4.95. The number of fused-ring (bicyclic) bond motifs is 1. The van der Waals surface area contributed by atoms with E-state index in [2.05, 4.69) is 5.32 Å². The molecule has 0 atom stereocenters. The quantitative estimate of drug-likeness (QED) is 0.450. The minimum absolute atomic E-state index is 0.0107. The monoisotopic (exact) mass is 434 g/mol. The summed E-state index contributed by atoms with van der Waals surface area (Å²) in [7, 11) is 0. The Morgan fingerprint density at radius 2 is 2.10 bits per heavy atom. The first-order valence-corrected chi connectivity index (χ1v) is 10.6. The summed E-state index contributed by atoms with van der Waals surface area (Å²) in [5.41, 5.74) is 1.19.